The second-order valence-electron chi connectivity index (χ2n) is 2.47. The Hall–Kier alpha value is -1.22. The molecule has 0 aromatic heterocycles. The monoisotopic (exact) mass is 230 g/mol. The summed E-state index contributed by atoms with van der Waals surface area (Å²) < 4.78 is 0. The number of allylic oxidation sites excluding steroid dienone is 7. The zero-order valence-electron chi connectivity index (χ0n) is 8.41. The summed E-state index contributed by atoms with van der Waals surface area (Å²) in [7, 11) is 3.29. The van der Waals surface area contributed by atoms with Crippen LogP contribution in [0, 0.1) is 23.7 Å². The van der Waals surface area contributed by atoms with E-state index in [4.69, 9.17) is 0 Å². The maximum atomic E-state index is 3.57. The quantitative estimate of drug-likeness (QED) is 0.380. The van der Waals surface area contributed by atoms with Crippen molar-refractivity contribution in [2.45, 2.75) is 6.92 Å². The molecule has 0 aromatic carbocycles. The topological polar surface area (TPSA) is 0 Å². The summed E-state index contributed by atoms with van der Waals surface area (Å²) in [4.78, 5) is 2.13. The van der Waals surface area contributed by atoms with Crippen molar-refractivity contribution in [2.75, 3.05) is 0 Å². The minimum absolute atomic E-state index is 1.05. The standard InChI is InChI=1S/C13H10S2/c1-3-5-6-7-9-13-11-10-12(8-4-2)14-15-13/h3,5-6,10-11H,1H2,2H3/b6-5+. The summed E-state index contributed by atoms with van der Waals surface area (Å²) in [5.74, 6) is 11.9. The summed E-state index contributed by atoms with van der Waals surface area (Å²) in [5, 5.41) is 0. The first kappa shape index (κ1) is 11.9. The maximum Gasteiger partial charge on any atom is 0.0689 e. The SMILES string of the molecule is C=C/C=C/C#CC1=CC=C(C#CC)SS1. The van der Waals surface area contributed by atoms with Gasteiger partial charge in [0.1, 0.15) is 0 Å². The lowest BCUT2D eigenvalue weighted by Crippen LogP contribution is -1.77. The molecule has 1 aliphatic rings. The Morgan fingerprint density at radius 3 is 2.40 bits per heavy atom. The Balaban J connectivity index is 2.65. The van der Waals surface area contributed by atoms with Crippen molar-refractivity contribution in [1.82, 2.24) is 0 Å². The van der Waals surface area contributed by atoms with E-state index in [9.17, 15) is 0 Å². The van der Waals surface area contributed by atoms with E-state index in [1.165, 1.54) is 0 Å². The zero-order valence-corrected chi connectivity index (χ0v) is 10.0. The predicted molar refractivity (Wildman–Crippen MR) is 71.9 cm³/mol. The van der Waals surface area contributed by atoms with Crippen molar-refractivity contribution in [3.8, 4) is 23.7 Å². The van der Waals surface area contributed by atoms with E-state index >= 15 is 0 Å². The van der Waals surface area contributed by atoms with E-state index in [1.54, 1.807) is 33.7 Å². The fourth-order valence-corrected chi connectivity index (χ4v) is 2.57. The van der Waals surface area contributed by atoms with Crippen LogP contribution in [0.1, 0.15) is 6.92 Å². The summed E-state index contributed by atoms with van der Waals surface area (Å²) in [6.07, 6.45) is 9.30. The van der Waals surface area contributed by atoms with E-state index in [-0.39, 0.29) is 0 Å². The smallest absolute Gasteiger partial charge is 0.0689 e. The number of rotatable bonds is 1. The van der Waals surface area contributed by atoms with Crippen LogP contribution < -0.4 is 0 Å². The van der Waals surface area contributed by atoms with Gasteiger partial charge in [-0.3, -0.25) is 0 Å². The van der Waals surface area contributed by atoms with Crippen LogP contribution in [0.15, 0.2) is 46.8 Å². The van der Waals surface area contributed by atoms with Crippen molar-refractivity contribution in [1.29, 1.82) is 0 Å². The summed E-state index contributed by atoms with van der Waals surface area (Å²) in [6, 6.07) is 0. The van der Waals surface area contributed by atoms with E-state index in [0.29, 0.717) is 0 Å². The van der Waals surface area contributed by atoms with Crippen LogP contribution in [0.25, 0.3) is 0 Å². The molecule has 0 aromatic rings. The lowest BCUT2D eigenvalue weighted by molar-refractivity contribution is 1.86. The van der Waals surface area contributed by atoms with E-state index in [2.05, 4.69) is 30.3 Å². The Morgan fingerprint density at radius 2 is 1.87 bits per heavy atom. The molecule has 0 N–H and O–H groups in total. The molecule has 15 heavy (non-hydrogen) atoms. The fourth-order valence-electron chi connectivity index (χ4n) is 0.774. The Bertz CT molecular complexity index is 442. The average molecular weight is 230 g/mol. The molecule has 0 fully saturated rings. The first-order chi connectivity index (χ1) is 7.36. The average Bonchev–Trinajstić information content (AvgIpc) is 2.27. The molecule has 1 rings (SSSR count). The number of hydrogen-bond acceptors (Lipinski definition) is 2. The van der Waals surface area contributed by atoms with Crippen LogP contribution >= 0.6 is 21.6 Å². The van der Waals surface area contributed by atoms with Crippen LogP contribution in [0.4, 0.5) is 0 Å². The molecule has 1 heterocycles. The van der Waals surface area contributed by atoms with Crippen molar-refractivity contribution >= 4 is 21.6 Å². The Morgan fingerprint density at radius 1 is 1.20 bits per heavy atom. The van der Waals surface area contributed by atoms with E-state index in [0.717, 1.165) is 9.81 Å². The molecular weight excluding hydrogens is 220 g/mol. The third-order valence-electron chi connectivity index (χ3n) is 1.37. The molecule has 2 heteroatoms. The van der Waals surface area contributed by atoms with Crippen LogP contribution in [-0.2, 0) is 0 Å². The second kappa shape index (κ2) is 7.12. The molecule has 0 aliphatic carbocycles. The first-order valence-electron chi connectivity index (χ1n) is 4.35. The number of hydrogen-bond donors (Lipinski definition) is 0. The third kappa shape index (κ3) is 4.70. The van der Waals surface area contributed by atoms with Crippen LogP contribution in [-0.4, -0.2) is 0 Å². The lowest BCUT2D eigenvalue weighted by Gasteiger charge is -2.03. The lowest BCUT2D eigenvalue weighted by atomic mass is 10.4. The van der Waals surface area contributed by atoms with E-state index < -0.39 is 0 Å². The van der Waals surface area contributed by atoms with Gasteiger partial charge >= 0.3 is 0 Å². The fraction of sp³-hybridized carbons (Fsp3) is 0.0769. The second-order valence-corrected chi connectivity index (χ2v) is 4.68. The summed E-state index contributed by atoms with van der Waals surface area (Å²) >= 11 is 0. The first-order valence-corrected chi connectivity index (χ1v) is 6.50. The molecule has 0 nitrogen and oxygen atoms in total. The van der Waals surface area contributed by atoms with Crippen LogP contribution in [0.2, 0.25) is 0 Å². The van der Waals surface area contributed by atoms with Crippen LogP contribution in [0.5, 0.6) is 0 Å². The van der Waals surface area contributed by atoms with Gasteiger partial charge in [-0.1, -0.05) is 36.5 Å². The molecule has 0 saturated heterocycles. The normalized spacial score (nSPS) is 14.2. The molecular formula is C13H10S2. The predicted octanol–water partition coefficient (Wildman–Crippen LogP) is 3.92. The zero-order chi connectivity index (χ0) is 10.9. The van der Waals surface area contributed by atoms with E-state index in [1.807, 2.05) is 25.2 Å². The minimum Gasteiger partial charge on any atom is -0.101 e. The molecule has 0 atom stereocenters. The van der Waals surface area contributed by atoms with Gasteiger partial charge in [0.15, 0.2) is 0 Å². The van der Waals surface area contributed by atoms with Crippen LogP contribution in [0.3, 0.4) is 0 Å². The van der Waals surface area contributed by atoms with Crippen molar-refractivity contribution < 1.29 is 0 Å². The third-order valence-corrected chi connectivity index (χ3v) is 3.61. The van der Waals surface area contributed by atoms with Gasteiger partial charge in [0, 0.05) is 0 Å². The highest BCUT2D eigenvalue weighted by Gasteiger charge is 2.03. The van der Waals surface area contributed by atoms with Gasteiger partial charge in [-0.15, -0.1) is 5.92 Å². The molecule has 74 valence electrons. The van der Waals surface area contributed by atoms with Gasteiger partial charge in [-0.25, -0.2) is 0 Å². The van der Waals surface area contributed by atoms with Gasteiger partial charge in [0.05, 0.1) is 9.81 Å². The maximum absolute atomic E-state index is 3.57. The van der Waals surface area contributed by atoms with Gasteiger partial charge in [0.2, 0.25) is 0 Å². The largest absolute Gasteiger partial charge is 0.101 e. The van der Waals surface area contributed by atoms with Gasteiger partial charge < -0.3 is 0 Å². The summed E-state index contributed by atoms with van der Waals surface area (Å²) in [6.45, 7) is 5.41. The van der Waals surface area contributed by atoms with Crippen molar-refractivity contribution in [3.63, 3.8) is 0 Å². The molecule has 0 unspecified atom stereocenters. The molecule has 0 bridgehead atoms. The summed E-state index contributed by atoms with van der Waals surface area (Å²) in [5.41, 5.74) is 0. The molecule has 0 spiro atoms. The van der Waals surface area contributed by atoms with Crippen molar-refractivity contribution in [3.05, 3.63) is 46.8 Å². The highest BCUT2D eigenvalue weighted by Crippen LogP contribution is 2.39. The van der Waals surface area contributed by atoms with Crippen molar-refractivity contribution in [2.24, 2.45) is 0 Å². The molecule has 0 saturated carbocycles. The Kier molecular flexibility index (Phi) is 5.63. The van der Waals surface area contributed by atoms with Gasteiger partial charge in [-0.05, 0) is 46.7 Å². The molecule has 0 amide bonds. The minimum atomic E-state index is 1.05. The highest BCUT2D eigenvalue weighted by atomic mass is 33.1. The molecule has 1 aliphatic heterocycles. The highest BCUT2D eigenvalue weighted by molar-refractivity contribution is 8.79. The Labute approximate surface area is 99.0 Å². The molecule has 0 radical (unpaired) electrons. The van der Waals surface area contributed by atoms with Gasteiger partial charge in [-0.2, -0.15) is 0 Å². The van der Waals surface area contributed by atoms with Gasteiger partial charge in [0.25, 0.3) is 0 Å².